The van der Waals surface area contributed by atoms with Crippen molar-refractivity contribution in [1.82, 2.24) is 9.13 Å². The summed E-state index contributed by atoms with van der Waals surface area (Å²) in [6.45, 7) is 0. The molecule has 2 heteroatoms. The highest BCUT2D eigenvalue weighted by atomic mass is 15.0. The van der Waals surface area contributed by atoms with Crippen LogP contribution >= 0.6 is 0 Å². The summed E-state index contributed by atoms with van der Waals surface area (Å²) in [6.07, 6.45) is 0. The number of rotatable bonds is 2. The minimum absolute atomic E-state index is 1.16. The van der Waals surface area contributed by atoms with Crippen molar-refractivity contribution in [3.63, 3.8) is 0 Å². The second-order valence-corrected chi connectivity index (χ2v) is 12.5. The molecule has 10 aromatic rings. The number of para-hydroxylation sites is 2. The minimum Gasteiger partial charge on any atom is -0.309 e. The largest absolute Gasteiger partial charge is 0.309 e. The zero-order valence-corrected chi connectivity index (χ0v) is 24.9. The Balaban J connectivity index is 1.24. The monoisotopic (exact) mass is 582 g/mol. The van der Waals surface area contributed by atoms with Crippen LogP contribution in [0.1, 0.15) is 0 Å². The molecule has 0 aliphatic heterocycles. The average molecular weight is 583 g/mol. The highest BCUT2D eigenvalue weighted by Gasteiger charge is 2.26. The maximum atomic E-state index is 2.51. The Morgan fingerprint density at radius 1 is 0.304 bits per heavy atom. The van der Waals surface area contributed by atoms with Gasteiger partial charge in [-0.2, -0.15) is 0 Å². The van der Waals surface area contributed by atoms with E-state index in [1.165, 1.54) is 87.4 Å². The summed E-state index contributed by atoms with van der Waals surface area (Å²) >= 11 is 0. The van der Waals surface area contributed by atoms with Crippen molar-refractivity contribution in [1.29, 1.82) is 0 Å². The number of nitrogens with zero attached hydrogens (tertiary/aromatic N) is 2. The molecule has 2 heterocycles. The van der Waals surface area contributed by atoms with E-state index in [9.17, 15) is 0 Å². The molecule has 2 aromatic heterocycles. The Morgan fingerprint density at radius 2 is 0.870 bits per heavy atom. The summed E-state index contributed by atoms with van der Waals surface area (Å²) in [4.78, 5) is 0. The van der Waals surface area contributed by atoms with Gasteiger partial charge >= 0.3 is 0 Å². The van der Waals surface area contributed by atoms with Gasteiger partial charge in [-0.15, -0.1) is 0 Å². The van der Waals surface area contributed by atoms with Crippen LogP contribution in [0.25, 0.3) is 98.8 Å². The quantitative estimate of drug-likeness (QED) is 0.192. The summed E-state index contributed by atoms with van der Waals surface area (Å²) in [7, 11) is 0. The molecular weight excluding hydrogens is 556 g/mol. The van der Waals surface area contributed by atoms with Gasteiger partial charge in [-0.05, 0) is 80.9 Å². The van der Waals surface area contributed by atoms with E-state index >= 15 is 0 Å². The predicted molar refractivity (Wildman–Crippen MR) is 195 cm³/mol. The second kappa shape index (κ2) is 8.74. The Bertz CT molecular complexity index is 2850. The van der Waals surface area contributed by atoms with Crippen molar-refractivity contribution in [2.75, 3.05) is 0 Å². The Kier molecular flexibility index (Phi) is 4.61. The van der Waals surface area contributed by atoms with Crippen LogP contribution in [0, 0.1) is 0 Å². The van der Waals surface area contributed by atoms with Crippen molar-refractivity contribution in [3.05, 3.63) is 158 Å². The standard InChI is InChI=1S/C44H26N2/c1-2-11-30-27(10-1)20-25-37-43-36-17-9-16-35-31-12-3-4-13-32(31)38(42(35)36)26-41(43)46(44(30)37)29-23-21-28(22-24-29)45-39-18-7-5-14-33(39)34-15-6-8-19-40(34)45/h1-26H. The van der Waals surface area contributed by atoms with E-state index in [0.29, 0.717) is 0 Å². The molecule has 8 aromatic carbocycles. The smallest absolute Gasteiger partial charge is 0.0619 e. The normalized spacial score (nSPS) is 12.3. The molecular formula is C44H26N2. The third-order valence-electron chi connectivity index (χ3n) is 10.2. The average Bonchev–Trinajstić information content (AvgIpc) is 3.76. The first-order valence-corrected chi connectivity index (χ1v) is 16.0. The number of benzene rings is 8. The van der Waals surface area contributed by atoms with Crippen LogP contribution < -0.4 is 0 Å². The van der Waals surface area contributed by atoms with Crippen LogP contribution in [0.5, 0.6) is 0 Å². The molecule has 212 valence electrons. The maximum absolute atomic E-state index is 2.51. The first-order valence-electron chi connectivity index (χ1n) is 16.0. The molecule has 0 bridgehead atoms. The summed E-state index contributed by atoms with van der Waals surface area (Å²) < 4.78 is 4.90. The van der Waals surface area contributed by atoms with E-state index < -0.39 is 0 Å². The van der Waals surface area contributed by atoms with Gasteiger partial charge in [0.25, 0.3) is 0 Å². The van der Waals surface area contributed by atoms with Gasteiger partial charge in [0.15, 0.2) is 0 Å². The SMILES string of the molecule is c1ccc2c(c1)-c1cccc3c1c-2cc1c3c2ccc3ccccc3c2n1-c1ccc(-n2c3ccccc3c3ccccc32)cc1. The van der Waals surface area contributed by atoms with Crippen molar-refractivity contribution in [2.24, 2.45) is 0 Å². The molecule has 0 saturated heterocycles. The van der Waals surface area contributed by atoms with E-state index in [1.54, 1.807) is 0 Å². The van der Waals surface area contributed by atoms with Crippen LogP contribution in [0.15, 0.2) is 158 Å². The van der Waals surface area contributed by atoms with Gasteiger partial charge in [-0.25, -0.2) is 0 Å². The van der Waals surface area contributed by atoms with E-state index in [4.69, 9.17) is 0 Å². The van der Waals surface area contributed by atoms with Crippen LogP contribution in [0.3, 0.4) is 0 Å². The van der Waals surface area contributed by atoms with Crippen molar-refractivity contribution >= 4 is 65.2 Å². The molecule has 0 atom stereocenters. The molecule has 0 unspecified atom stereocenters. The van der Waals surface area contributed by atoms with E-state index in [0.717, 1.165) is 11.4 Å². The topological polar surface area (TPSA) is 9.86 Å². The zero-order chi connectivity index (χ0) is 29.9. The number of fused-ring (bicyclic) bond motifs is 12. The lowest BCUT2D eigenvalue weighted by atomic mass is 9.97. The molecule has 0 radical (unpaired) electrons. The highest BCUT2D eigenvalue weighted by Crippen LogP contribution is 2.51. The first kappa shape index (κ1) is 24.2. The van der Waals surface area contributed by atoms with Gasteiger partial charge in [-0.3, -0.25) is 0 Å². The molecule has 0 N–H and O–H groups in total. The molecule has 0 spiro atoms. The third-order valence-corrected chi connectivity index (χ3v) is 10.2. The number of hydrogen-bond donors (Lipinski definition) is 0. The van der Waals surface area contributed by atoms with E-state index in [2.05, 4.69) is 167 Å². The maximum Gasteiger partial charge on any atom is 0.0619 e. The second-order valence-electron chi connectivity index (χ2n) is 12.5. The lowest BCUT2D eigenvalue weighted by Crippen LogP contribution is -1.97. The van der Waals surface area contributed by atoms with Gasteiger partial charge in [0.2, 0.25) is 0 Å². The van der Waals surface area contributed by atoms with Crippen LogP contribution in [0.2, 0.25) is 0 Å². The molecule has 1 aliphatic rings. The Morgan fingerprint density at radius 3 is 1.61 bits per heavy atom. The van der Waals surface area contributed by atoms with Crippen molar-refractivity contribution in [3.8, 4) is 33.6 Å². The molecule has 0 amide bonds. The number of aromatic nitrogens is 2. The lowest BCUT2D eigenvalue weighted by molar-refractivity contribution is 1.15. The fraction of sp³-hybridized carbons (Fsp3) is 0. The number of hydrogen-bond acceptors (Lipinski definition) is 0. The Hall–Kier alpha value is -6.12. The molecule has 11 rings (SSSR count). The van der Waals surface area contributed by atoms with Gasteiger partial charge in [-0.1, -0.05) is 115 Å². The lowest BCUT2D eigenvalue weighted by Gasteiger charge is -2.13. The molecule has 1 aliphatic carbocycles. The van der Waals surface area contributed by atoms with Crippen LogP contribution in [-0.2, 0) is 0 Å². The predicted octanol–water partition coefficient (Wildman–Crippen LogP) is 11.8. The fourth-order valence-electron chi connectivity index (χ4n) is 8.36. The molecule has 0 fully saturated rings. The molecule has 0 saturated carbocycles. The van der Waals surface area contributed by atoms with E-state index in [1.807, 2.05) is 0 Å². The van der Waals surface area contributed by atoms with Crippen LogP contribution in [-0.4, -0.2) is 9.13 Å². The van der Waals surface area contributed by atoms with Gasteiger partial charge in [0, 0.05) is 38.3 Å². The summed E-state index contributed by atoms with van der Waals surface area (Å²) in [5.74, 6) is 0. The zero-order valence-electron chi connectivity index (χ0n) is 24.9. The van der Waals surface area contributed by atoms with Gasteiger partial charge < -0.3 is 9.13 Å². The molecule has 2 nitrogen and oxygen atoms in total. The van der Waals surface area contributed by atoms with Gasteiger partial charge in [0.1, 0.15) is 0 Å². The fourth-order valence-corrected chi connectivity index (χ4v) is 8.36. The van der Waals surface area contributed by atoms with Crippen molar-refractivity contribution in [2.45, 2.75) is 0 Å². The minimum atomic E-state index is 1.16. The summed E-state index contributed by atoms with van der Waals surface area (Å²) in [5.41, 5.74) is 12.6. The summed E-state index contributed by atoms with van der Waals surface area (Å²) in [6, 6.07) is 58.1. The molecule has 46 heavy (non-hydrogen) atoms. The highest BCUT2D eigenvalue weighted by molar-refractivity contribution is 6.31. The van der Waals surface area contributed by atoms with E-state index in [-0.39, 0.29) is 0 Å². The van der Waals surface area contributed by atoms with Crippen LogP contribution in [0.4, 0.5) is 0 Å². The Labute approximate surface area is 265 Å². The third kappa shape index (κ3) is 3.01. The summed E-state index contributed by atoms with van der Waals surface area (Å²) in [5, 5.41) is 10.4. The van der Waals surface area contributed by atoms with Crippen molar-refractivity contribution < 1.29 is 0 Å². The first-order chi connectivity index (χ1) is 22.8. The van der Waals surface area contributed by atoms with Gasteiger partial charge in [0.05, 0.1) is 22.1 Å².